The molecule has 0 aliphatic carbocycles. The Balaban J connectivity index is 0.000000301. The number of hydrogen-bond donors (Lipinski definition) is 3. The van der Waals surface area contributed by atoms with Gasteiger partial charge >= 0.3 is 11.9 Å². The average molecular weight is 351 g/mol. The van der Waals surface area contributed by atoms with Crippen LogP contribution in [0.25, 0.3) is 0 Å². The molecule has 1 atom stereocenters. The molecule has 1 aromatic rings. The highest BCUT2D eigenvalue weighted by atomic mass is 32.2. The minimum atomic E-state index is -1.82. The molecule has 1 aromatic carbocycles. The highest BCUT2D eigenvalue weighted by Gasteiger charge is 2.24. The van der Waals surface area contributed by atoms with Gasteiger partial charge in [0.15, 0.2) is 0 Å². The number of amidine groups is 1. The highest BCUT2D eigenvalue weighted by molar-refractivity contribution is 8.00. The highest BCUT2D eigenvalue weighted by Crippen LogP contribution is 2.39. The van der Waals surface area contributed by atoms with Crippen LogP contribution >= 0.6 is 11.8 Å². The first kappa shape index (κ1) is 18.1. The van der Waals surface area contributed by atoms with Gasteiger partial charge in [0.1, 0.15) is 0 Å². The SMILES string of the molecule is Cc1ccc2c(c1)N(C)CC(CC1=NCCN1)S2.O=C(O)C(=O)O. The van der Waals surface area contributed by atoms with Crippen molar-refractivity contribution in [1.82, 2.24) is 5.32 Å². The summed E-state index contributed by atoms with van der Waals surface area (Å²) in [7, 11) is 2.19. The quantitative estimate of drug-likeness (QED) is 0.693. The van der Waals surface area contributed by atoms with E-state index in [0.29, 0.717) is 5.25 Å². The van der Waals surface area contributed by atoms with Crippen LogP contribution in [0.1, 0.15) is 12.0 Å². The third-order valence-corrected chi connectivity index (χ3v) is 4.89. The van der Waals surface area contributed by atoms with E-state index < -0.39 is 11.9 Å². The number of aliphatic carboxylic acids is 2. The first-order chi connectivity index (χ1) is 11.4. The van der Waals surface area contributed by atoms with Crippen LogP contribution in [0.2, 0.25) is 0 Å². The molecule has 2 aliphatic rings. The normalized spacial score (nSPS) is 18.7. The lowest BCUT2D eigenvalue weighted by atomic mass is 10.2. The molecule has 3 rings (SSSR count). The molecule has 2 heterocycles. The van der Waals surface area contributed by atoms with Crippen molar-refractivity contribution in [3.63, 3.8) is 0 Å². The molecule has 8 heteroatoms. The van der Waals surface area contributed by atoms with Crippen molar-refractivity contribution in [1.29, 1.82) is 0 Å². The van der Waals surface area contributed by atoms with E-state index in [9.17, 15) is 0 Å². The zero-order valence-corrected chi connectivity index (χ0v) is 14.5. The molecule has 3 N–H and O–H groups in total. The van der Waals surface area contributed by atoms with Crippen molar-refractivity contribution in [3.8, 4) is 0 Å². The lowest BCUT2D eigenvalue weighted by Crippen LogP contribution is -2.34. The summed E-state index contributed by atoms with van der Waals surface area (Å²) in [5.74, 6) is -2.46. The number of thioether (sulfide) groups is 1. The number of carboxylic acids is 2. The molecule has 0 amide bonds. The van der Waals surface area contributed by atoms with Crippen molar-refractivity contribution in [2.24, 2.45) is 4.99 Å². The van der Waals surface area contributed by atoms with Crippen LogP contribution in [0.4, 0.5) is 5.69 Å². The second kappa shape index (κ2) is 8.05. The maximum atomic E-state index is 9.10. The number of rotatable bonds is 2. The van der Waals surface area contributed by atoms with Crippen LogP contribution in [-0.4, -0.2) is 59.9 Å². The van der Waals surface area contributed by atoms with Crippen molar-refractivity contribution >= 4 is 35.2 Å². The number of nitrogens with one attached hydrogen (secondary N) is 1. The first-order valence-corrected chi connectivity index (χ1v) is 8.46. The van der Waals surface area contributed by atoms with Crippen LogP contribution in [-0.2, 0) is 9.59 Å². The Morgan fingerprint density at radius 1 is 1.38 bits per heavy atom. The summed E-state index contributed by atoms with van der Waals surface area (Å²) in [5.41, 5.74) is 2.71. The van der Waals surface area contributed by atoms with Gasteiger partial charge < -0.3 is 20.4 Å². The number of carbonyl (C=O) groups is 2. The van der Waals surface area contributed by atoms with Crippen LogP contribution < -0.4 is 10.2 Å². The second-order valence-electron chi connectivity index (χ2n) is 5.66. The summed E-state index contributed by atoms with van der Waals surface area (Å²) in [6.07, 6.45) is 1.06. The molecular formula is C16H21N3O4S. The maximum Gasteiger partial charge on any atom is 0.414 e. The van der Waals surface area contributed by atoms with Gasteiger partial charge in [0.25, 0.3) is 0 Å². The lowest BCUT2D eigenvalue weighted by Gasteiger charge is -2.33. The fourth-order valence-corrected chi connectivity index (χ4v) is 3.93. The Morgan fingerprint density at radius 3 is 2.67 bits per heavy atom. The maximum absolute atomic E-state index is 9.10. The number of aryl methyl sites for hydroxylation is 1. The fourth-order valence-electron chi connectivity index (χ4n) is 2.55. The molecule has 0 aromatic heterocycles. The standard InChI is InChI=1S/C14H19N3S.C2H2O4/c1-10-3-4-13-12(7-10)17(2)9-11(18-13)8-14-15-5-6-16-14;3-1(4)2(5)6/h3-4,7,11H,5-6,8-9H2,1-2H3,(H,15,16);(H,3,4)(H,5,6). The van der Waals surface area contributed by atoms with Crippen LogP contribution in [0, 0.1) is 6.92 Å². The predicted molar refractivity (Wildman–Crippen MR) is 94.3 cm³/mol. The Bertz CT molecular complexity index is 651. The van der Waals surface area contributed by atoms with E-state index >= 15 is 0 Å². The molecule has 1 unspecified atom stereocenters. The molecule has 0 saturated heterocycles. The smallest absolute Gasteiger partial charge is 0.414 e. The Hall–Kier alpha value is -2.22. The molecule has 2 aliphatic heterocycles. The van der Waals surface area contributed by atoms with Crippen molar-refractivity contribution in [2.45, 2.75) is 23.5 Å². The summed E-state index contributed by atoms with van der Waals surface area (Å²) in [4.78, 5) is 26.5. The first-order valence-electron chi connectivity index (χ1n) is 7.58. The van der Waals surface area contributed by atoms with Gasteiger partial charge in [0.2, 0.25) is 0 Å². The molecule has 0 radical (unpaired) electrons. The number of benzene rings is 1. The molecule has 130 valence electrons. The van der Waals surface area contributed by atoms with E-state index in [0.717, 1.165) is 26.1 Å². The van der Waals surface area contributed by atoms with Crippen molar-refractivity contribution < 1.29 is 19.8 Å². The van der Waals surface area contributed by atoms with Crippen molar-refractivity contribution in [2.75, 3.05) is 31.6 Å². The molecule has 0 fully saturated rings. The predicted octanol–water partition coefficient (Wildman–Crippen LogP) is 1.45. The summed E-state index contributed by atoms with van der Waals surface area (Å²) in [6, 6.07) is 6.74. The third kappa shape index (κ3) is 4.89. The zero-order valence-electron chi connectivity index (χ0n) is 13.7. The van der Waals surface area contributed by atoms with E-state index in [1.54, 1.807) is 0 Å². The van der Waals surface area contributed by atoms with E-state index in [4.69, 9.17) is 19.8 Å². The summed E-state index contributed by atoms with van der Waals surface area (Å²) in [5, 5.41) is 18.8. The van der Waals surface area contributed by atoms with Gasteiger partial charge in [-0.25, -0.2) is 9.59 Å². The van der Waals surface area contributed by atoms with Crippen molar-refractivity contribution in [3.05, 3.63) is 23.8 Å². The number of aliphatic imine (C=N–C) groups is 1. The monoisotopic (exact) mass is 351 g/mol. The third-order valence-electron chi connectivity index (χ3n) is 3.64. The topological polar surface area (TPSA) is 102 Å². The van der Waals surface area contributed by atoms with E-state index in [1.165, 1.54) is 22.0 Å². The molecule has 7 nitrogen and oxygen atoms in total. The number of hydrogen-bond acceptors (Lipinski definition) is 6. The van der Waals surface area contributed by atoms with Gasteiger partial charge in [0.05, 0.1) is 18.1 Å². The average Bonchev–Trinajstić information content (AvgIpc) is 3.01. The van der Waals surface area contributed by atoms with Gasteiger partial charge in [-0.3, -0.25) is 4.99 Å². The van der Waals surface area contributed by atoms with Gasteiger partial charge in [-0.2, -0.15) is 0 Å². The van der Waals surface area contributed by atoms with E-state index in [-0.39, 0.29) is 0 Å². The lowest BCUT2D eigenvalue weighted by molar-refractivity contribution is -0.159. The molecule has 0 saturated carbocycles. The Labute approximate surface area is 144 Å². The number of carboxylic acid groups (broad SMARTS) is 2. The number of nitrogens with zero attached hydrogens (tertiary/aromatic N) is 2. The van der Waals surface area contributed by atoms with Crippen LogP contribution in [0.15, 0.2) is 28.1 Å². The Morgan fingerprint density at radius 2 is 2.08 bits per heavy atom. The summed E-state index contributed by atoms with van der Waals surface area (Å²) >= 11 is 1.99. The number of fused-ring (bicyclic) bond motifs is 1. The largest absolute Gasteiger partial charge is 0.473 e. The molecule has 24 heavy (non-hydrogen) atoms. The zero-order chi connectivity index (χ0) is 17.7. The van der Waals surface area contributed by atoms with Gasteiger partial charge in [-0.15, -0.1) is 11.8 Å². The van der Waals surface area contributed by atoms with Gasteiger partial charge in [-0.05, 0) is 24.6 Å². The summed E-state index contributed by atoms with van der Waals surface area (Å²) in [6.45, 7) is 5.21. The fraction of sp³-hybridized carbons (Fsp3) is 0.438. The van der Waals surface area contributed by atoms with Gasteiger partial charge in [0, 0.05) is 36.7 Å². The number of anilines is 1. The molecule has 0 spiro atoms. The van der Waals surface area contributed by atoms with Crippen LogP contribution in [0.3, 0.4) is 0 Å². The van der Waals surface area contributed by atoms with Crippen LogP contribution in [0.5, 0.6) is 0 Å². The summed E-state index contributed by atoms with van der Waals surface area (Å²) < 4.78 is 0. The van der Waals surface area contributed by atoms with E-state index in [1.807, 2.05) is 11.8 Å². The van der Waals surface area contributed by atoms with E-state index in [2.05, 4.69) is 47.4 Å². The minimum absolute atomic E-state index is 0.606. The Kier molecular flexibility index (Phi) is 6.08. The second-order valence-corrected chi connectivity index (χ2v) is 7.00. The molecule has 0 bridgehead atoms. The molecular weight excluding hydrogens is 330 g/mol. The van der Waals surface area contributed by atoms with Gasteiger partial charge in [-0.1, -0.05) is 6.07 Å². The minimum Gasteiger partial charge on any atom is -0.473 e.